The Kier molecular flexibility index (Phi) is 5.02. The van der Waals surface area contributed by atoms with Crippen molar-refractivity contribution < 1.29 is 26.5 Å². The second-order valence-electron chi connectivity index (χ2n) is 4.94. The maximum atomic E-state index is 12.8. The molecule has 0 spiro atoms. The molecule has 0 bridgehead atoms. The van der Waals surface area contributed by atoms with E-state index in [4.69, 9.17) is 0 Å². The van der Waals surface area contributed by atoms with Gasteiger partial charge in [0.2, 0.25) is 0 Å². The van der Waals surface area contributed by atoms with Gasteiger partial charge < -0.3 is 0 Å². The minimum atomic E-state index is -4.82. The number of anilines is 1. The van der Waals surface area contributed by atoms with Crippen LogP contribution in [0, 0.1) is 10.1 Å². The van der Waals surface area contributed by atoms with E-state index >= 15 is 0 Å². The van der Waals surface area contributed by atoms with Crippen LogP contribution in [0.15, 0.2) is 53.4 Å². The lowest BCUT2D eigenvalue weighted by molar-refractivity contribution is -0.388. The highest BCUT2D eigenvalue weighted by molar-refractivity contribution is 7.93. The van der Waals surface area contributed by atoms with Gasteiger partial charge in [-0.15, -0.1) is 0 Å². The number of para-hydroxylation sites is 1. The minimum Gasteiger partial charge on any atom is -0.266 e. The standard InChI is InChI=1S/C15H13F3N2O4S/c1-2-19(12-6-4-3-5-7-12)25(23,24)14-9-8-11(15(16,17)18)10-13(14)20(21)22/h3-10H,2H2,1H3. The Hall–Kier alpha value is -2.62. The van der Waals surface area contributed by atoms with Gasteiger partial charge in [-0.25, -0.2) is 8.42 Å². The largest absolute Gasteiger partial charge is 0.416 e. The van der Waals surface area contributed by atoms with Crippen LogP contribution in [0.1, 0.15) is 12.5 Å². The molecule has 0 heterocycles. The van der Waals surface area contributed by atoms with Crippen molar-refractivity contribution >= 4 is 21.4 Å². The van der Waals surface area contributed by atoms with Gasteiger partial charge in [-0.05, 0) is 31.2 Å². The molecule has 134 valence electrons. The van der Waals surface area contributed by atoms with Crippen molar-refractivity contribution in [3.63, 3.8) is 0 Å². The van der Waals surface area contributed by atoms with Crippen molar-refractivity contribution in [2.75, 3.05) is 10.8 Å². The third kappa shape index (κ3) is 3.73. The molecule has 0 aromatic heterocycles. The summed E-state index contributed by atoms with van der Waals surface area (Å²) < 4.78 is 64.8. The van der Waals surface area contributed by atoms with Crippen LogP contribution in [0.3, 0.4) is 0 Å². The SMILES string of the molecule is CCN(c1ccccc1)S(=O)(=O)c1ccc(C(F)(F)F)cc1[N+](=O)[O-]. The van der Waals surface area contributed by atoms with Gasteiger partial charge in [-0.1, -0.05) is 18.2 Å². The van der Waals surface area contributed by atoms with Crippen LogP contribution in [0.2, 0.25) is 0 Å². The van der Waals surface area contributed by atoms with Gasteiger partial charge in [0.25, 0.3) is 15.7 Å². The Bertz CT molecular complexity index is 883. The van der Waals surface area contributed by atoms with Gasteiger partial charge in [-0.2, -0.15) is 13.2 Å². The van der Waals surface area contributed by atoms with E-state index < -0.39 is 37.3 Å². The van der Waals surface area contributed by atoms with E-state index in [0.717, 1.165) is 4.31 Å². The highest BCUT2D eigenvalue weighted by Gasteiger charge is 2.37. The number of benzene rings is 2. The van der Waals surface area contributed by atoms with Gasteiger partial charge in [0.05, 0.1) is 16.2 Å². The molecule has 0 atom stereocenters. The lowest BCUT2D eigenvalue weighted by Crippen LogP contribution is -2.31. The maximum Gasteiger partial charge on any atom is 0.416 e. The fraction of sp³-hybridized carbons (Fsp3) is 0.200. The summed E-state index contributed by atoms with van der Waals surface area (Å²) in [6, 6.07) is 9.13. The third-order valence-corrected chi connectivity index (χ3v) is 5.33. The van der Waals surface area contributed by atoms with E-state index in [0.29, 0.717) is 12.1 Å². The number of hydrogen-bond acceptors (Lipinski definition) is 4. The molecule has 0 aliphatic heterocycles. The molecule has 0 saturated carbocycles. The van der Waals surface area contributed by atoms with Gasteiger partial charge in [0.15, 0.2) is 4.90 Å². The lowest BCUT2D eigenvalue weighted by atomic mass is 10.2. The predicted octanol–water partition coefficient (Wildman–Crippen LogP) is 3.83. The van der Waals surface area contributed by atoms with Crippen molar-refractivity contribution in [2.24, 2.45) is 0 Å². The number of sulfonamides is 1. The number of nitrogens with zero attached hydrogens (tertiary/aromatic N) is 2. The molecule has 2 aromatic rings. The molecule has 0 aliphatic rings. The highest BCUT2D eigenvalue weighted by atomic mass is 32.2. The topological polar surface area (TPSA) is 80.5 Å². The Balaban J connectivity index is 2.64. The molecule has 0 fully saturated rings. The normalized spacial score (nSPS) is 12.0. The van der Waals surface area contributed by atoms with Gasteiger partial charge in [-0.3, -0.25) is 14.4 Å². The maximum absolute atomic E-state index is 12.8. The average molecular weight is 374 g/mol. The fourth-order valence-corrected chi connectivity index (χ4v) is 3.87. The first-order chi connectivity index (χ1) is 11.6. The van der Waals surface area contributed by atoms with Gasteiger partial charge in [0, 0.05) is 12.6 Å². The summed E-state index contributed by atoms with van der Waals surface area (Å²) >= 11 is 0. The van der Waals surface area contributed by atoms with Crippen molar-refractivity contribution in [3.05, 3.63) is 64.2 Å². The summed E-state index contributed by atoms with van der Waals surface area (Å²) in [7, 11) is -4.42. The van der Waals surface area contributed by atoms with Crippen LogP contribution >= 0.6 is 0 Å². The quantitative estimate of drug-likeness (QED) is 0.588. The fourth-order valence-electron chi connectivity index (χ4n) is 2.26. The first-order valence-electron chi connectivity index (χ1n) is 7.02. The average Bonchev–Trinajstić information content (AvgIpc) is 2.54. The summed E-state index contributed by atoms with van der Waals surface area (Å²) in [5.74, 6) is 0. The summed E-state index contributed by atoms with van der Waals surface area (Å²) in [5.41, 5.74) is -2.16. The molecule has 6 nitrogen and oxygen atoms in total. The third-order valence-electron chi connectivity index (χ3n) is 3.38. The van der Waals surface area contributed by atoms with Crippen molar-refractivity contribution in [3.8, 4) is 0 Å². The van der Waals surface area contributed by atoms with Crippen LogP contribution in [0.4, 0.5) is 24.5 Å². The molecule has 0 radical (unpaired) electrons. The van der Waals surface area contributed by atoms with Crippen molar-refractivity contribution in [2.45, 2.75) is 18.0 Å². The van der Waals surface area contributed by atoms with Crippen LogP contribution in [-0.4, -0.2) is 19.9 Å². The highest BCUT2D eigenvalue weighted by Crippen LogP contribution is 2.36. The van der Waals surface area contributed by atoms with E-state index in [1.54, 1.807) is 18.2 Å². The molecule has 25 heavy (non-hydrogen) atoms. The van der Waals surface area contributed by atoms with E-state index in [-0.39, 0.29) is 18.3 Å². The number of hydrogen-bond donors (Lipinski definition) is 0. The van der Waals surface area contributed by atoms with E-state index in [2.05, 4.69) is 0 Å². The molecule has 0 saturated heterocycles. The number of nitro benzene ring substituents is 1. The Morgan fingerprint density at radius 3 is 2.20 bits per heavy atom. The van der Waals surface area contributed by atoms with Crippen LogP contribution in [0.5, 0.6) is 0 Å². The number of alkyl halides is 3. The Morgan fingerprint density at radius 2 is 1.72 bits per heavy atom. The number of rotatable bonds is 5. The number of nitro groups is 1. The smallest absolute Gasteiger partial charge is 0.266 e. The first kappa shape index (κ1) is 18.7. The molecular weight excluding hydrogens is 361 g/mol. The summed E-state index contributed by atoms with van der Waals surface area (Å²) in [6.07, 6.45) is -4.82. The molecule has 10 heteroatoms. The molecule has 0 N–H and O–H groups in total. The molecular formula is C15H13F3N2O4S. The Labute approximate surface area is 141 Å². The van der Waals surface area contributed by atoms with Crippen LogP contribution in [-0.2, 0) is 16.2 Å². The second kappa shape index (κ2) is 6.71. The Morgan fingerprint density at radius 1 is 1.12 bits per heavy atom. The zero-order valence-corrected chi connectivity index (χ0v) is 13.7. The number of halogens is 3. The molecule has 0 unspecified atom stereocenters. The van der Waals surface area contributed by atoms with E-state index in [1.165, 1.54) is 19.1 Å². The monoisotopic (exact) mass is 374 g/mol. The zero-order valence-electron chi connectivity index (χ0n) is 12.9. The van der Waals surface area contributed by atoms with Gasteiger partial charge >= 0.3 is 6.18 Å². The first-order valence-corrected chi connectivity index (χ1v) is 8.46. The minimum absolute atomic E-state index is 0.0511. The molecule has 2 rings (SSSR count). The van der Waals surface area contributed by atoms with E-state index in [1.807, 2.05) is 0 Å². The van der Waals surface area contributed by atoms with Gasteiger partial charge in [0.1, 0.15) is 0 Å². The predicted molar refractivity (Wildman–Crippen MR) is 84.7 cm³/mol. The van der Waals surface area contributed by atoms with Crippen LogP contribution in [0.25, 0.3) is 0 Å². The second-order valence-corrected chi connectivity index (χ2v) is 6.77. The summed E-state index contributed by atoms with van der Waals surface area (Å²) in [6.45, 7) is 1.46. The van der Waals surface area contributed by atoms with Crippen LogP contribution < -0.4 is 4.31 Å². The zero-order chi connectivity index (χ0) is 18.8. The summed E-state index contributed by atoms with van der Waals surface area (Å²) in [4.78, 5) is 9.22. The summed E-state index contributed by atoms with van der Waals surface area (Å²) in [5, 5.41) is 11.2. The molecule has 2 aromatic carbocycles. The van der Waals surface area contributed by atoms with Crippen molar-refractivity contribution in [1.82, 2.24) is 0 Å². The molecule has 0 aliphatic carbocycles. The lowest BCUT2D eigenvalue weighted by Gasteiger charge is -2.23. The van der Waals surface area contributed by atoms with E-state index in [9.17, 15) is 31.7 Å². The molecule has 0 amide bonds. The van der Waals surface area contributed by atoms with Crippen molar-refractivity contribution in [1.29, 1.82) is 0 Å².